The van der Waals surface area contributed by atoms with Crippen LogP contribution < -0.4 is 16.1 Å². The quantitative estimate of drug-likeness (QED) is 0.636. The maximum atomic E-state index is 11.8. The second-order valence-corrected chi connectivity index (χ2v) is 5.19. The van der Waals surface area contributed by atoms with Gasteiger partial charge in [-0.05, 0) is 37.8 Å². The summed E-state index contributed by atoms with van der Waals surface area (Å²) in [5.41, 5.74) is 2.23. The van der Waals surface area contributed by atoms with Crippen LogP contribution in [0.3, 0.4) is 0 Å². The van der Waals surface area contributed by atoms with Crippen LogP contribution >= 0.6 is 0 Å². The molecule has 3 N–H and O–H groups in total. The van der Waals surface area contributed by atoms with Gasteiger partial charge in [-0.2, -0.15) is 0 Å². The van der Waals surface area contributed by atoms with Crippen molar-refractivity contribution < 1.29 is 14.4 Å². The molecule has 0 aromatic rings. The number of hydroxylamine groups is 1. The Morgan fingerprint density at radius 2 is 2.44 bits per heavy atom. The highest BCUT2D eigenvalue weighted by atomic mass is 16.7. The minimum Gasteiger partial charge on any atom is -0.342 e. The molecule has 2 heterocycles. The molecule has 102 valence electrons. The van der Waals surface area contributed by atoms with E-state index in [0.29, 0.717) is 18.3 Å². The number of hydrogen-bond acceptors (Lipinski definition) is 4. The zero-order valence-corrected chi connectivity index (χ0v) is 10.7. The summed E-state index contributed by atoms with van der Waals surface area (Å²) in [6.45, 7) is 4.38. The smallest absolute Gasteiger partial charge is 0.268 e. The van der Waals surface area contributed by atoms with E-state index in [9.17, 15) is 9.59 Å². The lowest BCUT2D eigenvalue weighted by atomic mass is 9.85. The van der Waals surface area contributed by atoms with E-state index in [-0.39, 0.29) is 18.4 Å². The molecule has 2 unspecified atom stereocenters. The molecule has 2 aliphatic heterocycles. The van der Waals surface area contributed by atoms with Gasteiger partial charge in [0.2, 0.25) is 5.91 Å². The molecule has 6 nitrogen and oxygen atoms in total. The van der Waals surface area contributed by atoms with E-state index in [1.807, 2.05) is 0 Å². The second kappa shape index (κ2) is 6.15. The van der Waals surface area contributed by atoms with Crippen LogP contribution in [-0.4, -0.2) is 37.6 Å². The van der Waals surface area contributed by atoms with Crippen molar-refractivity contribution in [1.29, 1.82) is 0 Å². The second-order valence-electron chi connectivity index (χ2n) is 5.19. The molecule has 0 saturated carbocycles. The summed E-state index contributed by atoms with van der Waals surface area (Å²) in [5.74, 6) is 0.551. The fraction of sp³-hybridized carbons (Fsp3) is 0.833. The lowest BCUT2D eigenvalue weighted by Crippen LogP contribution is -2.43. The third-order valence-corrected chi connectivity index (χ3v) is 3.72. The molecule has 0 bridgehead atoms. The summed E-state index contributed by atoms with van der Waals surface area (Å²) in [4.78, 5) is 27.8. The van der Waals surface area contributed by atoms with Gasteiger partial charge in [-0.3, -0.25) is 14.4 Å². The maximum Gasteiger partial charge on any atom is 0.268 e. The van der Waals surface area contributed by atoms with Gasteiger partial charge >= 0.3 is 0 Å². The molecule has 0 spiro atoms. The predicted molar refractivity (Wildman–Crippen MR) is 65.4 cm³/mol. The highest BCUT2D eigenvalue weighted by Crippen LogP contribution is 2.22. The SMILES string of the molecule is CC(CC(=O)N[C@@H]1CONC1=O)C1CCCNC1. The molecule has 0 aromatic heterocycles. The predicted octanol–water partition coefficient (Wildman–Crippen LogP) is -0.442. The van der Waals surface area contributed by atoms with Crippen LogP contribution in [0.1, 0.15) is 26.2 Å². The van der Waals surface area contributed by atoms with Gasteiger partial charge in [-0.15, -0.1) is 0 Å². The van der Waals surface area contributed by atoms with Crippen molar-refractivity contribution in [3.8, 4) is 0 Å². The molecule has 6 heteroatoms. The highest BCUT2D eigenvalue weighted by Gasteiger charge is 2.28. The molecule has 2 fully saturated rings. The van der Waals surface area contributed by atoms with Crippen molar-refractivity contribution in [2.24, 2.45) is 11.8 Å². The summed E-state index contributed by atoms with van der Waals surface area (Å²) in [7, 11) is 0. The number of hydrogen-bond donors (Lipinski definition) is 3. The van der Waals surface area contributed by atoms with E-state index in [0.717, 1.165) is 13.1 Å². The molecular weight excluding hydrogens is 234 g/mol. The molecule has 18 heavy (non-hydrogen) atoms. The van der Waals surface area contributed by atoms with E-state index < -0.39 is 6.04 Å². The average molecular weight is 255 g/mol. The first-order chi connectivity index (χ1) is 8.66. The van der Waals surface area contributed by atoms with Crippen molar-refractivity contribution in [3.63, 3.8) is 0 Å². The van der Waals surface area contributed by atoms with E-state index in [2.05, 4.69) is 23.0 Å². The molecule has 2 saturated heterocycles. The fourth-order valence-electron chi connectivity index (χ4n) is 2.53. The van der Waals surface area contributed by atoms with E-state index in [1.54, 1.807) is 0 Å². The molecule has 2 aliphatic rings. The first kappa shape index (κ1) is 13.3. The standard InChI is InChI=1S/C12H21N3O3/c1-8(9-3-2-4-13-6-9)5-11(16)14-10-7-18-15-12(10)17/h8-10,13H,2-7H2,1H3,(H,14,16)(H,15,17)/t8?,9?,10-/m1/s1. The van der Waals surface area contributed by atoms with Gasteiger partial charge in [0.1, 0.15) is 12.6 Å². The number of piperidine rings is 1. The number of carbonyl (C=O) groups is 2. The Labute approximate surface area is 107 Å². The van der Waals surface area contributed by atoms with Crippen LogP contribution in [0.25, 0.3) is 0 Å². The summed E-state index contributed by atoms with van der Waals surface area (Å²) >= 11 is 0. The Balaban J connectivity index is 1.74. The van der Waals surface area contributed by atoms with E-state index in [4.69, 9.17) is 4.84 Å². The molecule has 0 radical (unpaired) electrons. The third kappa shape index (κ3) is 3.43. The minimum absolute atomic E-state index is 0.0706. The van der Waals surface area contributed by atoms with Gasteiger partial charge < -0.3 is 10.6 Å². The van der Waals surface area contributed by atoms with Gasteiger partial charge in [0.05, 0.1) is 0 Å². The zero-order chi connectivity index (χ0) is 13.0. The van der Waals surface area contributed by atoms with Gasteiger partial charge in [0, 0.05) is 6.42 Å². The minimum atomic E-state index is -0.533. The van der Waals surface area contributed by atoms with Crippen LogP contribution in [0.15, 0.2) is 0 Å². The monoisotopic (exact) mass is 255 g/mol. The Morgan fingerprint density at radius 1 is 1.61 bits per heavy atom. The Bertz CT molecular complexity index is 316. The van der Waals surface area contributed by atoms with E-state index in [1.165, 1.54) is 12.8 Å². The van der Waals surface area contributed by atoms with Gasteiger partial charge in [0.25, 0.3) is 5.91 Å². The van der Waals surface area contributed by atoms with Crippen molar-refractivity contribution in [1.82, 2.24) is 16.1 Å². The Kier molecular flexibility index (Phi) is 4.54. The van der Waals surface area contributed by atoms with Crippen molar-refractivity contribution in [2.75, 3.05) is 19.7 Å². The molecule has 2 amide bonds. The van der Waals surface area contributed by atoms with Crippen LogP contribution in [0.5, 0.6) is 0 Å². The summed E-state index contributed by atoms with van der Waals surface area (Å²) in [6.07, 6.45) is 2.82. The normalized spacial score (nSPS) is 29.7. The molecule has 2 rings (SSSR count). The number of amides is 2. The van der Waals surface area contributed by atoms with Crippen LogP contribution in [0, 0.1) is 11.8 Å². The van der Waals surface area contributed by atoms with Crippen molar-refractivity contribution in [3.05, 3.63) is 0 Å². The highest BCUT2D eigenvalue weighted by molar-refractivity contribution is 5.88. The molecule has 0 aromatic carbocycles. The first-order valence-corrected chi connectivity index (χ1v) is 6.58. The van der Waals surface area contributed by atoms with Crippen molar-refractivity contribution in [2.45, 2.75) is 32.2 Å². The molecule has 3 atom stereocenters. The van der Waals surface area contributed by atoms with Gasteiger partial charge in [0.15, 0.2) is 0 Å². The Morgan fingerprint density at radius 3 is 3.06 bits per heavy atom. The van der Waals surface area contributed by atoms with Crippen LogP contribution in [0.2, 0.25) is 0 Å². The number of nitrogens with one attached hydrogen (secondary N) is 3. The number of rotatable bonds is 4. The van der Waals surface area contributed by atoms with Gasteiger partial charge in [-0.25, -0.2) is 5.48 Å². The largest absolute Gasteiger partial charge is 0.342 e. The third-order valence-electron chi connectivity index (χ3n) is 3.72. The van der Waals surface area contributed by atoms with Crippen molar-refractivity contribution >= 4 is 11.8 Å². The Hall–Kier alpha value is -1.14. The maximum absolute atomic E-state index is 11.8. The van der Waals surface area contributed by atoms with Gasteiger partial charge in [-0.1, -0.05) is 6.92 Å². The van der Waals surface area contributed by atoms with Crippen LogP contribution in [0.4, 0.5) is 0 Å². The summed E-state index contributed by atoms with van der Waals surface area (Å²) < 4.78 is 0. The molecule has 0 aliphatic carbocycles. The summed E-state index contributed by atoms with van der Waals surface area (Å²) in [5, 5.41) is 6.06. The average Bonchev–Trinajstić information content (AvgIpc) is 2.76. The number of carbonyl (C=O) groups excluding carboxylic acids is 2. The first-order valence-electron chi connectivity index (χ1n) is 6.58. The lowest BCUT2D eigenvalue weighted by molar-refractivity contribution is -0.129. The van der Waals surface area contributed by atoms with Crippen LogP contribution in [-0.2, 0) is 14.4 Å². The van der Waals surface area contributed by atoms with E-state index >= 15 is 0 Å². The zero-order valence-electron chi connectivity index (χ0n) is 10.7. The topological polar surface area (TPSA) is 79.5 Å². The lowest BCUT2D eigenvalue weighted by Gasteiger charge is -2.28. The fourth-order valence-corrected chi connectivity index (χ4v) is 2.53. The molecular formula is C12H21N3O3. The summed E-state index contributed by atoms with van der Waals surface area (Å²) in [6, 6.07) is -0.533.